The summed E-state index contributed by atoms with van der Waals surface area (Å²) in [5.41, 5.74) is 6.30. The van der Waals surface area contributed by atoms with Crippen molar-refractivity contribution in [3.8, 4) is 5.75 Å². The second kappa shape index (κ2) is 6.91. The molecule has 1 aromatic heterocycles. The molecule has 0 saturated carbocycles. The number of nitrogens with two attached hydrogens (primary N) is 1. The molecule has 0 aliphatic rings. The van der Waals surface area contributed by atoms with Crippen molar-refractivity contribution in [1.82, 2.24) is 10.1 Å². The maximum Gasteiger partial charge on any atom is 0.264 e. The van der Waals surface area contributed by atoms with E-state index < -0.39 is 0 Å². The summed E-state index contributed by atoms with van der Waals surface area (Å²) in [4.78, 5) is 4.28. The molecular weight excluding hydrogens is 258 g/mol. The van der Waals surface area contributed by atoms with E-state index in [2.05, 4.69) is 10.1 Å². The van der Waals surface area contributed by atoms with Crippen LogP contribution in [0.5, 0.6) is 5.75 Å². The SMILES string of the molecule is CCOC(CC)c1noc(COc2ccc(N)cc2)n1. The monoisotopic (exact) mass is 277 g/mol. The molecule has 0 saturated heterocycles. The third-order valence-corrected chi connectivity index (χ3v) is 2.75. The molecule has 0 spiro atoms. The van der Waals surface area contributed by atoms with E-state index in [1.807, 2.05) is 13.8 Å². The Kier molecular flexibility index (Phi) is 4.95. The maximum absolute atomic E-state index is 5.60. The van der Waals surface area contributed by atoms with Crippen LogP contribution in [0, 0.1) is 0 Å². The third-order valence-electron chi connectivity index (χ3n) is 2.75. The zero-order valence-electron chi connectivity index (χ0n) is 11.7. The highest BCUT2D eigenvalue weighted by atomic mass is 16.5. The van der Waals surface area contributed by atoms with Crippen LogP contribution in [-0.4, -0.2) is 16.7 Å². The minimum Gasteiger partial charge on any atom is -0.484 e. The van der Waals surface area contributed by atoms with Gasteiger partial charge in [-0.25, -0.2) is 0 Å². The van der Waals surface area contributed by atoms with E-state index in [1.165, 1.54) is 0 Å². The first kappa shape index (κ1) is 14.3. The molecule has 2 rings (SSSR count). The van der Waals surface area contributed by atoms with Gasteiger partial charge in [0, 0.05) is 12.3 Å². The van der Waals surface area contributed by atoms with Gasteiger partial charge in [-0.1, -0.05) is 12.1 Å². The molecule has 108 valence electrons. The molecule has 1 heterocycles. The Labute approximate surface area is 117 Å². The van der Waals surface area contributed by atoms with Crippen LogP contribution < -0.4 is 10.5 Å². The number of benzene rings is 1. The fraction of sp³-hybridized carbons (Fsp3) is 0.429. The van der Waals surface area contributed by atoms with E-state index in [4.69, 9.17) is 19.7 Å². The summed E-state index contributed by atoms with van der Waals surface area (Å²) in [6.07, 6.45) is 0.667. The van der Waals surface area contributed by atoms with Gasteiger partial charge in [-0.3, -0.25) is 0 Å². The molecule has 0 aliphatic heterocycles. The Morgan fingerprint density at radius 1 is 1.25 bits per heavy atom. The second-order valence-electron chi connectivity index (χ2n) is 4.26. The molecule has 2 aromatic rings. The van der Waals surface area contributed by atoms with E-state index in [1.54, 1.807) is 24.3 Å². The first-order valence-corrected chi connectivity index (χ1v) is 6.65. The lowest BCUT2D eigenvalue weighted by Gasteiger charge is -2.09. The quantitative estimate of drug-likeness (QED) is 0.783. The highest BCUT2D eigenvalue weighted by molar-refractivity contribution is 5.41. The fourth-order valence-electron chi connectivity index (χ4n) is 1.74. The second-order valence-corrected chi connectivity index (χ2v) is 4.26. The lowest BCUT2D eigenvalue weighted by molar-refractivity contribution is 0.0518. The van der Waals surface area contributed by atoms with E-state index in [-0.39, 0.29) is 12.7 Å². The number of hydrogen-bond acceptors (Lipinski definition) is 6. The predicted octanol–water partition coefficient (Wildman–Crippen LogP) is 2.72. The summed E-state index contributed by atoms with van der Waals surface area (Å²) in [6, 6.07) is 7.14. The van der Waals surface area contributed by atoms with Gasteiger partial charge in [-0.2, -0.15) is 4.98 Å². The van der Waals surface area contributed by atoms with Crippen LogP contribution >= 0.6 is 0 Å². The Morgan fingerprint density at radius 2 is 2.00 bits per heavy atom. The average molecular weight is 277 g/mol. The number of anilines is 1. The summed E-state index contributed by atoms with van der Waals surface area (Å²) in [5, 5.41) is 3.92. The van der Waals surface area contributed by atoms with Gasteiger partial charge in [0.2, 0.25) is 5.82 Å². The minimum atomic E-state index is -0.131. The van der Waals surface area contributed by atoms with Crippen molar-refractivity contribution in [2.45, 2.75) is 33.0 Å². The molecule has 6 heteroatoms. The topological polar surface area (TPSA) is 83.4 Å². The molecule has 6 nitrogen and oxygen atoms in total. The first-order chi connectivity index (χ1) is 9.72. The van der Waals surface area contributed by atoms with Crippen molar-refractivity contribution in [2.75, 3.05) is 12.3 Å². The van der Waals surface area contributed by atoms with Crippen LogP contribution in [0.4, 0.5) is 5.69 Å². The molecule has 2 N–H and O–H groups in total. The Balaban J connectivity index is 1.93. The lowest BCUT2D eigenvalue weighted by atomic mass is 10.2. The molecular formula is C14H19N3O3. The number of rotatable bonds is 7. The highest BCUT2D eigenvalue weighted by Crippen LogP contribution is 2.19. The van der Waals surface area contributed by atoms with Crippen molar-refractivity contribution in [2.24, 2.45) is 0 Å². The van der Waals surface area contributed by atoms with E-state index >= 15 is 0 Å². The van der Waals surface area contributed by atoms with Crippen LogP contribution in [0.15, 0.2) is 28.8 Å². The van der Waals surface area contributed by atoms with Gasteiger partial charge >= 0.3 is 0 Å². The highest BCUT2D eigenvalue weighted by Gasteiger charge is 2.16. The van der Waals surface area contributed by atoms with Crippen LogP contribution in [0.3, 0.4) is 0 Å². The van der Waals surface area contributed by atoms with Gasteiger partial charge < -0.3 is 19.7 Å². The third kappa shape index (κ3) is 3.71. The normalized spacial score (nSPS) is 12.3. The molecule has 1 aromatic carbocycles. The van der Waals surface area contributed by atoms with Gasteiger partial charge in [0.15, 0.2) is 6.61 Å². The summed E-state index contributed by atoms with van der Waals surface area (Å²) >= 11 is 0. The van der Waals surface area contributed by atoms with Gasteiger partial charge in [0.25, 0.3) is 5.89 Å². The zero-order chi connectivity index (χ0) is 14.4. The molecule has 0 radical (unpaired) electrons. The van der Waals surface area contributed by atoms with E-state index in [9.17, 15) is 0 Å². The molecule has 1 unspecified atom stereocenters. The number of nitrogen functional groups attached to an aromatic ring is 1. The summed E-state index contributed by atoms with van der Waals surface area (Å²) < 4.78 is 16.2. The Morgan fingerprint density at radius 3 is 2.65 bits per heavy atom. The van der Waals surface area contributed by atoms with Gasteiger partial charge in [0.05, 0.1) is 0 Å². The molecule has 1 atom stereocenters. The smallest absolute Gasteiger partial charge is 0.264 e. The van der Waals surface area contributed by atoms with Gasteiger partial charge in [-0.05, 0) is 37.6 Å². The standard InChI is InChI=1S/C14H19N3O3/c1-3-12(18-4-2)14-16-13(20-17-14)9-19-11-7-5-10(15)6-8-11/h5-8,12H,3-4,9,15H2,1-2H3. The van der Waals surface area contributed by atoms with E-state index in [0.29, 0.717) is 29.8 Å². The number of nitrogens with zero attached hydrogens (tertiary/aromatic N) is 2. The van der Waals surface area contributed by atoms with E-state index in [0.717, 1.165) is 6.42 Å². The number of aromatic nitrogens is 2. The van der Waals surface area contributed by atoms with Crippen LogP contribution in [0.25, 0.3) is 0 Å². The minimum absolute atomic E-state index is 0.131. The lowest BCUT2D eigenvalue weighted by Crippen LogP contribution is -2.05. The zero-order valence-corrected chi connectivity index (χ0v) is 11.7. The maximum atomic E-state index is 5.60. The van der Waals surface area contributed by atoms with Crippen molar-refractivity contribution in [3.63, 3.8) is 0 Å². The van der Waals surface area contributed by atoms with Gasteiger partial charge in [-0.15, -0.1) is 0 Å². The Bertz CT molecular complexity index is 525. The van der Waals surface area contributed by atoms with Gasteiger partial charge in [0.1, 0.15) is 11.9 Å². The van der Waals surface area contributed by atoms with Crippen molar-refractivity contribution >= 4 is 5.69 Å². The first-order valence-electron chi connectivity index (χ1n) is 6.65. The summed E-state index contributed by atoms with van der Waals surface area (Å²) in [6.45, 7) is 4.79. The average Bonchev–Trinajstić information content (AvgIpc) is 2.93. The van der Waals surface area contributed by atoms with Crippen LogP contribution in [0.2, 0.25) is 0 Å². The van der Waals surface area contributed by atoms with Crippen molar-refractivity contribution < 1.29 is 14.0 Å². The molecule has 0 aliphatic carbocycles. The van der Waals surface area contributed by atoms with Crippen molar-refractivity contribution in [1.29, 1.82) is 0 Å². The molecule has 0 fully saturated rings. The Hall–Kier alpha value is -2.08. The summed E-state index contributed by atoms with van der Waals surface area (Å²) in [5.74, 6) is 1.69. The molecule has 0 amide bonds. The molecule has 0 bridgehead atoms. The fourth-order valence-corrected chi connectivity index (χ4v) is 1.74. The van der Waals surface area contributed by atoms with Crippen LogP contribution in [0.1, 0.15) is 38.1 Å². The molecule has 20 heavy (non-hydrogen) atoms. The predicted molar refractivity (Wildman–Crippen MR) is 74.1 cm³/mol. The largest absolute Gasteiger partial charge is 0.484 e. The number of hydrogen-bond donors (Lipinski definition) is 1. The van der Waals surface area contributed by atoms with Crippen molar-refractivity contribution in [3.05, 3.63) is 36.0 Å². The summed E-state index contributed by atoms with van der Waals surface area (Å²) in [7, 11) is 0. The van der Waals surface area contributed by atoms with Crippen LogP contribution in [-0.2, 0) is 11.3 Å². The number of ether oxygens (including phenoxy) is 2.